The van der Waals surface area contributed by atoms with Gasteiger partial charge in [0.1, 0.15) is 0 Å². The second kappa shape index (κ2) is 8.19. The molecule has 1 heterocycles. The first kappa shape index (κ1) is 19.7. The van der Waals surface area contributed by atoms with Crippen molar-refractivity contribution >= 4 is 16.0 Å². The topological polar surface area (TPSA) is 73.8 Å². The van der Waals surface area contributed by atoms with Crippen molar-refractivity contribution in [1.29, 1.82) is 0 Å². The summed E-state index contributed by atoms with van der Waals surface area (Å²) in [5, 5.41) is 6.53. The Kier molecular flexibility index (Phi) is 6.46. The lowest BCUT2D eigenvalue weighted by atomic mass is 10.1. The zero-order valence-electron chi connectivity index (χ0n) is 15.7. The Labute approximate surface area is 151 Å². The quantitative estimate of drug-likeness (QED) is 0.634. The number of hydrogen-bond donors (Lipinski definition) is 2. The molecule has 1 aliphatic heterocycles. The van der Waals surface area contributed by atoms with E-state index in [0.717, 1.165) is 30.8 Å². The van der Waals surface area contributed by atoms with E-state index < -0.39 is 10.0 Å². The summed E-state index contributed by atoms with van der Waals surface area (Å²) in [5.41, 5.74) is 0.934. The highest BCUT2D eigenvalue weighted by molar-refractivity contribution is 7.89. The van der Waals surface area contributed by atoms with E-state index in [1.807, 2.05) is 12.1 Å². The van der Waals surface area contributed by atoms with Crippen molar-refractivity contribution in [2.45, 2.75) is 57.0 Å². The summed E-state index contributed by atoms with van der Waals surface area (Å²) in [4.78, 5) is 4.57. The highest BCUT2D eigenvalue weighted by Gasteiger charge is 2.25. The molecule has 1 aliphatic rings. The fourth-order valence-corrected chi connectivity index (χ4v) is 4.27. The van der Waals surface area contributed by atoms with Gasteiger partial charge in [0.15, 0.2) is 5.96 Å². The average Bonchev–Trinajstić information content (AvgIpc) is 2.58. The van der Waals surface area contributed by atoms with Crippen LogP contribution in [-0.2, 0) is 16.6 Å². The van der Waals surface area contributed by atoms with Crippen LogP contribution >= 0.6 is 0 Å². The number of hydrogen-bond acceptors (Lipinski definition) is 3. The van der Waals surface area contributed by atoms with Gasteiger partial charge < -0.3 is 10.6 Å². The molecular weight excluding hydrogens is 336 g/mol. The third kappa shape index (κ3) is 5.71. The van der Waals surface area contributed by atoms with Crippen LogP contribution in [0.15, 0.2) is 34.2 Å². The van der Waals surface area contributed by atoms with Gasteiger partial charge in [0, 0.05) is 32.2 Å². The number of nitrogens with one attached hydrogen (secondary N) is 2. The molecule has 1 aromatic carbocycles. The molecule has 0 bridgehead atoms. The van der Waals surface area contributed by atoms with Gasteiger partial charge in [0.25, 0.3) is 0 Å². The molecule has 6 nitrogen and oxygen atoms in total. The molecule has 1 aromatic rings. The minimum atomic E-state index is -3.36. The second-order valence-electron chi connectivity index (χ2n) is 7.41. The van der Waals surface area contributed by atoms with E-state index in [9.17, 15) is 8.42 Å². The maximum absolute atomic E-state index is 12.6. The van der Waals surface area contributed by atoms with Crippen molar-refractivity contribution in [3.63, 3.8) is 0 Å². The van der Waals surface area contributed by atoms with Crippen molar-refractivity contribution < 1.29 is 8.42 Å². The lowest BCUT2D eigenvalue weighted by molar-refractivity contribution is 0.346. The highest BCUT2D eigenvalue weighted by Crippen LogP contribution is 2.20. The Hall–Kier alpha value is -1.60. The molecule has 0 unspecified atom stereocenters. The monoisotopic (exact) mass is 366 g/mol. The lowest BCUT2D eigenvalue weighted by Crippen LogP contribution is -2.47. The van der Waals surface area contributed by atoms with Gasteiger partial charge in [-0.2, -0.15) is 4.31 Å². The summed E-state index contributed by atoms with van der Waals surface area (Å²) in [6.45, 7) is 8.04. The van der Waals surface area contributed by atoms with Gasteiger partial charge in [0.2, 0.25) is 10.0 Å². The van der Waals surface area contributed by atoms with Crippen LogP contribution in [0.3, 0.4) is 0 Å². The predicted molar refractivity (Wildman–Crippen MR) is 102 cm³/mol. The van der Waals surface area contributed by atoms with Crippen LogP contribution in [0.5, 0.6) is 0 Å². The first-order chi connectivity index (χ1) is 11.7. The summed E-state index contributed by atoms with van der Waals surface area (Å²) >= 11 is 0. The first-order valence-electron chi connectivity index (χ1n) is 8.80. The smallest absolute Gasteiger partial charge is 0.243 e. The third-order valence-corrected chi connectivity index (χ3v) is 5.97. The van der Waals surface area contributed by atoms with Gasteiger partial charge >= 0.3 is 0 Å². The van der Waals surface area contributed by atoms with E-state index in [1.165, 1.54) is 0 Å². The summed E-state index contributed by atoms with van der Waals surface area (Å²) in [6.07, 6.45) is 3.00. The molecule has 0 aromatic heterocycles. The second-order valence-corrected chi connectivity index (χ2v) is 9.35. The van der Waals surface area contributed by atoms with E-state index in [4.69, 9.17) is 0 Å². The Morgan fingerprint density at radius 3 is 2.24 bits per heavy atom. The molecule has 7 heteroatoms. The molecule has 140 valence electrons. The van der Waals surface area contributed by atoms with Crippen LogP contribution in [0.4, 0.5) is 0 Å². The van der Waals surface area contributed by atoms with Gasteiger partial charge in [-0.15, -0.1) is 0 Å². The number of rotatable bonds is 4. The summed E-state index contributed by atoms with van der Waals surface area (Å²) < 4.78 is 26.9. The standard InChI is InChI=1S/C18H30N4O2S/c1-18(2,3)21-17(19-4)20-14-15-8-10-16(11-9-15)25(23,24)22-12-6-5-7-13-22/h8-11H,5-7,12-14H2,1-4H3,(H2,19,20,21). The van der Waals surface area contributed by atoms with Crippen molar-refractivity contribution in [1.82, 2.24) is 14.9 Å². The van der Waals surface area contributed by atoms with Crippen molar-refractivity contribution in [3.8, 4) is 0 Å². The van der Waals surface area contributed by atoms with E-state index >= 15 is 0 Å². The van der Waals surface area contributed by atoms with E-state index in [2.05, 4.69) is 36.4 Å². The Morgan fingerprint density at radius 2 is 1.72 bits per heavy atom. The molecule has 0 amide bonds. The van der Waals surface area contributed by atoms with Crippen molar-refractivity contribution in [3.05, 3.63) is 29.8 Å². The Morgan fingerprint density at radius 1 is 1.12 bits per heavy atom. The number of nitrogens with zero attached hydrogens (tertiary/aromatic N) is 2. The van der Waals surface area contributed by atoms with Crippen LogP contribution in [0.25, 0.3) is 0 Å². The normalized spacial score (nSPS) is 17.4. The van der Waals surface area contributed by atoms with E-state index in [-0.39, 0.29) is 5.54 Å². The average molecular weight is 367 g/mol. The molecule has 0 aliphatic carbocycles. The summed E-state index contributed by atoms with van der Waals surface area (Å²) in [5.74, 6) is 0.720. The van der Waals surface area contributed by atoms with Crippen LogP contribution in [-0.4, -0.2) is 44.4 Å². The van der Waals surface area contributed by atoms with Gasteiger partial charge in [-0.3, -0.25) is 4.99 Å². The highest BCUT2D eigenvalue weighted by atomic mass is 32.2. The molecule has 25 heavy (non-hydrogen) atoms. The molecule has 2 N–H and O–H groups in total. The van der Waals surface area contributed by atoms with Crippen molar-refractivity contribution in [2.75, 3.05) is 20.1 Å². The molecule has 2 rings (SSSR count). The van der Waals surface area contributed by atoms with Crippen LogP contribution in [0.2, 0.25) is 0 Å². The molecule has 1 fully saturated rings. The zero-order valence-corrected chi connectivity index (χ0v) is 16.5. The Balaban J connectivity index is 2.00. The molecule has 0 atom stereocenters. The number of aliphatic imine (C=N–C) groups is 1. The Bertz CT molecular complexity index is 685. The van der Waals surface area contributed by atoms with Crippen LogP contribution in [0.1, 0.15) is 45.6 Å². The first-order valence-corrected chi connectivity index (χ1v) is 10.2. The maximum Gasteiger partial charge on any atom is 0.243 e. The predicted octanol–water partition coefficient (Wildman–Crippen LogP) is 2.32. The molecule has 0 saturated carbocycles. The SMILES string of the molecule is CN=C(NCc1ccc(S(=O)(=O)N2CCCCC2)cc1)NC(C)(C)C. The van der Waals surface area contributed by atoms with Gasteiger partial charge in [-0.05, 0) is 51.3 Å². The van der Waals surface area contributed by atoms with E-state index in [0.29, 0.717) is 24.5 Å². The minimum absolute atomic E-state index is 0.0752. The lowest BCUT2D eigenvalue weighted by Gasteiger charge is -2.26. The third-order valence-electron chi connectivity index (χ3n) is 4.05. The van der Waals surface area contributed by atoms with Crippen LogP contribution in [0, 0.1) is 0 Å². The number of benzene rings is 1. The van der Waals surface area contributed by atoms with Crippen molar-refractivity contribution in [2.24, 2.45) is 4.99 Å². The molecule has 0 radical (unpaired) electrons. The minimum Gasteiger partial charge on any atom is -0.352 e. The summed E-state index contributed by atoms with van der Waals surface area (Å²) in [7, 11) is -1.63. The van der Waals surface area contributed by atoms with E-state index in [1.54, 1.807) is 23.5 Å². The number of sulfonamides is 1. The molecule has 0 spiro atoms. The maximum atomic E-state index is 12.6. The van der Waals surface area contributed by atoms with Gasteiger partial charge in [0.05, 0.1) is 4.90 Å². The fourth-order valence-electron chi connectivity index (χ4n) is 2.75. The zero-order chi connectivity index (χ0) is 18.5. The number of guanidine groups is 1. The molecular formula is C18H30N4O2S. The van der Waals surface area contributed by atoms with Gasteiger partial charge in [-0.1, -0.05) is 18.6 Å². The number of piperidine rings is 1. The summed E-state index contributed by atoms with van der Waals surface area (Å²) in [6, 6.07) is 7.10. The van der Waals surface area contributed by atoms with Gasteiger partial charge in [-0.25, -0.2) is 8.42 Å². The largest absolute Gasteiger partial charge is 0.352 e. The molecule has 1 saturated heterocycles. The fraction of sp³-hybridized carbons (Fsp3) is 0.611. The van der Waals surface area contributed by atoms with Crippen LogP contribution < -0.4 is 10.6 Å².